The summed E-state index contributed by atoms with van der Waals surface area (Å²) >= 11 is 1.46. The fourth-order valence-electron chi connectivity index (χ4n) is 2.49. The van der Waals surface area contributed by atoms with Gasteiger partial charge in [0.2, 0.25) is 0 Å². The van der Waals surface area contributed by atoms with Crippen LogP contribution in [0.1, 0.15) is 41.1 Å². The van der Waals surface area contributed by atoms with Gasteiger partial charge in [-0.05, 0) is 25.3 Å². The van der Waals surface area contributed by atoms with Crippen LogP contribution in [0, 0.1) is 0 Å². The maximum absolute atomic E-state index is 12.0. The van der Waals surface area contributed by atoms with E-state index in [9.17, 15) is 9.90 Å². The van der Waals surface area contributed by atoms with Crippen molar-refractivity contribution in [3.8, 4) is 0 Å². The van der Waals surface area contributed by atoms with Crippen LogP contribution in [0.2, 0.25) is 0 Å². The summed E-state index contributed by atoms with van der Waals surface area (Å²) in [5, 5.41) is 10.3. The lowest BCUT2D eigenvalue weighted by molar-refractivity contribution is 0.0525. The SMILES string of the molecule is CCOC(=O)c1c(N)sc2c1CCN(CC(O)CC)C2. The van der Waals surface area contributed by atoms with Gasteiger partial charge < -0.3 is 15.6 Å². The van der Waals surface area contributed by atoms with Gasteiger partial charge in [0.25, 0.3) is 0 Å². The van der Waals surface area contributed by atoms with Crippen LogP contribution < -0.4 is 5.73 Å². The van der Waals surface area contributed by atoms with Crippen molar-refractivity contribution in [1.29, 1.82) is 0 Å². The molecule has 1 aliphatic rings. The second-order valence-corrected chi connectivity index (χ2v) is 6.15. The zero-order valence-corrected chi connectivity index (χ0v) is 12.8. The van der Waals surface area contributed by atoms with Crippen molar-refractivity contribution in [1.82, 2.24) is 4.90 Å². The Hall–Kier alpha value is -1.11. The van der Waals surface area contributed by atoms with Gasteiger partial charge in [0.15, 0.2) is 0 Å². The van der Waals surface area contributed by atoms with Gasteiger partial charge in [0.1, 0.15) is 5.00 Å². The van der Waals surface area contributed by atoms with Gasteiger partial charge >= 0.3 is 5.97 Å². The molecule has 0 saturated carbocycles. The molecule has 6 heteroatoms. The minimum atomic E-state index is -0.315. The van der Waals surface area contributed by atoms with Crippen molar-refractivity contribution in [3.05, 3.63) is 16.0 Å². The fourth-order valence-corrected chi connectivity index (χ4v) is 3.64. The van der Waals surface area contributed by atoms with Crippen molar-refractivity contribution >= 4 is 22.3 Å². The molecule has 1 aromatic heterocycles. The summed E-state index contributed by atoms with van der Waals surface area (Å²) < 4.78 is 5.08. The molecule has 0 radical (unpaired) electrons. The van der Waals surface area contributed by atoms with Crippen LogP contribution in [-0.4, -0.2) is 41.8 Å². The van der Waals surface area contributed by atoms with Crippen LogP contribution in [-0.2, 0) is 17.7 Å². The van der Waals surface area contributed by atoms with Crippen LogP contribution >= 0.6 is 11.3 Å². The average Bonchev–Trinajstić information content (AvgIpc) is 2.74. The summed E-state index contributed by atoms with van der Waals surface area (Å²) in [6.45, 7) is 6.39. The standard InChI is InChI=1S/C14H22N2O3S/c1-3-9(17)7-16-6-5-10-11(8-16)20-13(15)12(10)14(18)19-4-2/h9,17H,3-8,15H2,1-2H3. The molecular weight excluding hydrogens is 276 g/mol. The Bertz CT molecular complexity index is 487. The first-order valence-electron chi connectivity index (χ1n) is 7.04. The predicted octanol–water partition coefficient (Wildman–Crippen LogP) is 1.64. The number of aliphatic hydroxyl groups is 1. The van der Waals surface area contributed by atoms with E-state index in [0.717, 1.165) is 36.4 Å². The van der Waals surface area contributed by atoms with Gasteiger partial charge in [-0.15, -0.1) is 11.3 Å². The van der Waals surface area contributed by atoms with Crippen LogP contribution in [0.25, 0.3) is 0 Å². The zero-order chi connectivity index (χ0) is 14.7. The van der Waals surface area contributed by atoms with Gasteiger partial charge in [0, 0.05) is 24.5 Å². The van der Waals surface area contributed by atoms with E-state index in [2.05, 4.69) is 4.90 Å². The molecule has 1 aromatic rings. The van der Waals surface area contributed by atoms with E-state index in [4.69, 9.17) is 10.5 Å². The maximum Gasteiger partial charge on any atom is 0.341 e. The summed E-state index contributed by atoms with van der Waals surface area (Å²) in [5.74, 6) is -0.315. The number of rotatable bonds is 5. The van der Waals surface area contributed by atoms with Gasteiger partial charge in [-0.25, -0.2) is 4.79 Å². The molecule has 0 fully saturated rings. The summed E-state index contributed by atoms with van der Waals surface area (Å²) in [6, 6.07) is 0. The van der Waals surface area contributed by atoms with E-state index in [1.54, 1.807) is 6.92 Å². The molecular formula is C14H22N2O3S. The van der Waals surface area contributed by atoms with Crippen molar-refractivity contribution in [3.63, 3.8) is 0 Å². The molecule has 0 saturated heterocycles. The number of esters is 1. The Morgan fingerprint density at radius 2 is 2.30 bits per heavy atom. The third-order valence-corrected chi connectivity index (χ3v) is 4.63. The average molecular weight is 298 g/mol. The summed E-state index contributed by atoms with van der Waals surface area (Å²) in [7, 11) is 0. The minimum Gasteiger partial charge on any atom is -0.462 e. The molecule has 1 unspecified atom stereocenters. The van der Waals surface area contributed by atoms with E-state index in [1.165, 1.54) is 11.3 Å². The van der Waals surface area contributed by atoms with E-state index in [-0.39, 0.29) is 12.1 Å². The number of hydrogen-bond donors (Lipinski definition) is 2. The molecule has 20 heavy (non-hydrogen) atoms. The highest BCUT2D eigenvalue weighted by Gasteiger charge is 2.28. The highest BCUT2D eigenvalue weighted by molar-refractivity contribution is 7.16. The normalized spacial score (nSPS) is 16.8. The quantitative estimate of drug-likeness (QED) is 0.808. The number of anilines is 1. The van der Waals surface area contributed by atoms with Crippen LogP contribution in [0.15, 0.2) is 0 Å². The number of hydrogen-bond acceptors (Lipinski definition) is 6. The number of thiophene rings is 1. The van der Waals surface area contributed by atoms with Crippen molar-refractivity contribution in [2.24, 2.45) is 0 Å². The monoisotopic (exact) mass is 298 g/mol. The van der Waals surface area contributed by atoms with E-state index in [1.807, 2.05) is 6.92 Å². The highest BCUT2D eigenvalue weighted by atomic mass is 32.1. The number of nitrogen functional groups attached to an aromatic ring is 1. The van der Waals surface area contributed by atoms with E-state index in [0.29, 0.717) is 23.7 Å². The van der Waals surface area contributed by atoms with Crippen molar-refractivity contribution in [2.45, 2.75) is 39.3 Å². The number of fused-ring (bicyclic) bond motifs is 1. The Labute approximate surface area is 123 Å². The predicted molar refractivity (Wildman–Crippen MR) is 80.0 cm³/mol. The third-order valence-electron chi connectivity index (χ3n) is 3.58. The first kappa shape index (κ1) is 15.3. The Morgan fingerprint density at radius 1 is 1.55 bits per heavy atom. The maximum atomic E-state index is 12.0. The molecule has 0 aromatic carbocycles. The second kappa shape index (κ2) is 6.56. The van der Waals surface area contributed by atoms with Gasteiger partial charge in [0.05, 0.1) is 18.3 Å². The topological polar surface area (TPSA) is 75.8 Å². The summed E-state index contributed by atoms with van der Waals surface area (Å²) in [6.07, 6.45) is 1.25. The lowest BCUT2D eigenvalue weighted by atomic mass is 10.0. The lowest BCUT2D eigenvalue weighted by Gasteiger charge is -2.28. The molecule has 5 nitrogen and oxygen atoms in total. The Balaban J connectivity index is 2.15. The molecule has 2 rings (SSSR count). The molecule has 0 bridgehead atoms. The Kier molecular flexibility index (Phi) is 5.01. The molecule has 2 heterocycles. The minimum absolute atomic E-state index is 0.293. The molecule has 0 spiro atoms. The number of nitrogens with two attached hydrogens (primary N) is 1. The number of carbonyl (C=O) groups is 1. The largest absolute Gasteiger partial charge is 0.462 e. The van der Waals surface area contributed by atoms with Gasteiger partial charge in [-0.1, -0.05) is 6.92 Å². The first-order valence-corrected chi connectivity index (χ1v) is 7.86. The number of ether oxygens (including phenoxy) is 1. The number of nitrogens with zero attached hydrogens (tertiary/aromatic N) is 1. The number of aliphatic hydroxyl groups excluding tert-OH is 1. The van der Waals surface area contributed by atoms with Crippen molar-refractivity contribution < 1.29 is 14.6 Å². The molecule has 0 aliphatic carbocycles. The van der Waals surface area contributed by atoms with E-state index < -0.39 is 0 Å². The summed E-state index contributed by atoms with van der Waals surface area (Å²) in [4.78, 5) is 15.3. The third kappa shape index (κ3) is 3.13. The van der Waals surface area contributed by atoms with Crippen molar-refractivity contribution in [2.75, 3.05) is 25.4 Å². The Morgan fingerprint density at radius 3 is 2.95 bits per heavy atom. The fraction of sp³-hybridized carbons (Fsp3) is 0.643. The van der Waals surface area contributed by atoms with Gasteiger partial charge in [-0.3, -0.25) is 4.90 Å². The zero-order valence-electron chi connectivity index (χ0n) is 12.0. The molecule has 1 aliphatic heterocycles. The molecule has 0 amide bonds. The van der Waals surface area contributed by atoms with E-state index >= 15 is 0 Å². The highest BCUT2D eigenvalue weighted by Crippen LogP contribution is 2.35. The first-order chi connectivity index (χ1) is 9.56. The number of carbonyl (C=O) groups excluding carboxylic acids is 1. The van der Waals surface area contributed by atoms with Gasteiger partial charge in [-0.2, -0.15) is 0 Å². The second-order valence-electron chi connectivity index (χ2n) is 5.01. The molecule has 3 N–H and O–H groups in total. The molecule has 1 atom stereocenters. The van der Waals surface area contributed by atoms with Crippen LogP contribution in [0.4, 0.5) is 5.00 Å². The smallest absolute Gasteiger partial charge is 0.341 e. The molecule has 112 valence electrons. The summed E-state index contributed by atoms with van der Waals surface area (Å²) in [5.41, 5.74) is 7.57. The van der Waals surface area contributed by atoms with Crippen LogP contribution in [0.3, 0.4) is 0 Å². The number of β-amino-alcohol motifs (C(OH)–C–C–N with tert-alkyl or cyclic N) is 1. The lowest BCUT2D eigenvalue weighted by Crippen LogP contribution is -2.36. The van der Waals surface area contributed by atoms with Crippen LogP contribution in [0.5, 0.6) is 0 Å².